The van der Waals surface area contributed by atoms with Gasteiger partial charge in [0.05, 0.1) is 0 Å². The molecule has 0 aromatic heterocycles. The van der Waals surface area contributed by atoms with Crippen molar-refractivity contribution in [2.24, 2.45) is 5.73 Å². The highest BCUT2D eigenvalue weighted by Crippen LogP contribution is 2.24. The van der Waals surface area contributed by atoms with E-state index in [-0.39, 0.29) is 0 Å². The smallest absolute Gasteiger partial charge is 0.130 e. The van der Waals surface area contributed by atoms with Gasteiger partial charge in [-0.3, -0.25) is 0 Å². The Morgan fingerprint density at radius 1 is 1.06 bits per heavy atom. The van der Waals surface area contributed by atoms with Crippen LogP contribution in [0.3, 0.4) is 0 Å². The second-order valence-electron chi connectivity index (χ2n) is 3.90. The lowest BCUT2D eigenvalue weighted by Crippen LogP contribution is -2.14. The summed E-state index contributed by atoms with van der Waals surface area (Å²) in [6, 6.07) is 12.8. The predicted molar refractivity (Wildman–Crippen MR) is 70.5 cm³/mol. The summed E-state index contributed by atoms with van der Waals surface area (Å²) in [6.07, 6.45) is 0. The summed E-state index contributed by atoms with van der Waals surface area (Å²) in [5.41, 5.74) is 6.26. The Hall–Kier alpha value is -1.39. The van der Waals surface area contributed by atoms with E-state index in [1.54, 1.807) is 11.8 Å². The molecule has 94 valence electrons. The van der Waals surface area contributed by atoms with Crippen LogP contribution in [0.4, 0.5) is 8.78 Å². The molecule has 0 bridgehead atoms. The van der Waals surface area contributed by atoms with E-state index in [0.717, 1.165) is 11.0 Å². The number of hydrogen-bond acceptors (Lipinski definition) is 2. The zero-order chi connectivity index (χ0) is 13.0. The molecule has 1 atom stereocenters. The lowest BCUT2D eigenvalue weighted by atomic mass is 10.1. The Kier molecular flexibility index (Phi) is 4.33. The van der Waals surface area contributed by atoms with Gasteiger partial charge in [-0.2, -0.15) is 0 Å². The number of halogens is 2. The zero-order valence-corrected chi connectivity index (χ0v) is 10.5. The zero-order valence-electron chi connectivity index (χ0n) is 9.64. The largest absolute Gasteiger partial charge is 0.323 e. The standard InChI is InChI=1S/C14H13F2NS/c15-10-6-7-12(13(16)8-10)14(17)9-18-11-4-2-1-3-5-11/h1-8,14H,9,17H2. The highest BCUT2D eigenvalue weighted by atomic mass is 32.2. The van der Waals surface area contributed by atoms with Gasteiger partial charge in [-0.05, 0) is 18.2 Å². The van der Waals surface area contributed by atoms with Crippen molar-refractivity contribution in [3.63, 3.8) is 0 Å². The van der Waals surface area contributed by atoms with Gasteiger partial charge < -0.3 is 5.73 Å². The van der Waals surface area contributed by atoms with Crippen molar-refractivity contribution in [3.05, 3.63) is 65.7 Å². The van der Waals surface area contributed by atoms with Crippen molar-refractivity contribution in [2.45, 2.75) is 10.9 Å². The van der Waals surface area contributed by atoms with Crippen molar-refractivity contribution < 1.29 is 8.78 Å². The summed E-state index contributed by atoms with van der Waals surface area (Å²) >= 11 is 1.55. The molecule has 0 saturated carbocycles. The fourth-order valence-electron chi connectivity index (χ4n) is 1.59. The molecule has 0 spiro atoms. The molecule has 0 aliphatic carbocycles. The molecule has 1 nitrogen and oxygen atoms in total. The van der Waals surface area contributed by atoms with Crippen LogP contribution in [0.25, 0.3) is 0 Å². The fraction of sp³-hybridized carbons (Fsp3) is 0.143. The van der Waals surface area contributed by atoms with E-state index < -0.39 is 17.7 Å². The number of thioether (sulfide) groups is 1. The van der Waals surface area contributed by atoms with Crippen LogP contribution >= 0.6 is 11.8 Å². The van der Waals surface area contributed by atoms with E-state index in [9.17, 15) is 8.78 Å². The second-order valence-corrected chi connectivity index (χ2v) is 4.99. The van der Waals surface area contributed by atoms with Crippen LogP contribution in [0.1, 0.15) is 11.6 Å². The summed E-state index contributed by atoms with van der Waals surface area (Å²) < 4.78 is 26.3. The van der Waals surface area contributed by atoms with Crippen molar-refractivity contribution in [1.29, 1.82) is 0 Å². The summed E-state index contributed by atoms with van der Waals surface area (Å²) in [7, 11) is 0. The molecule has 2 rings (SSSR count). The maximum atomic E-state index is 13.5. The van der Waals surface area contributed by atoms with Crippen molar-refractivity contribution in [1.82, 2.24) is 0 Å². The topological polar surface area (TPSA) is 26.0 Å². The van der Waals surface area contributed by atoms with Gasteiger partial charge in [0.2, 0.25) is 0 Å². The SMILES string of the molecule is NC(CSc1ccccc1)c1ccc(F)cc1F. The van der Waals surface area contributed by atoms with Gasteiger partial charge in [-0.15, -0.1) is 11.8 Å². The van der Waals surface area contributed by atoms with Gasteiger partial charge >= 0.3 is 0 Å². The average molecular weight is 265 g/mol. The molecule has 1 unspecified atom stereocenters. The van der Waals surface area contributed by atoms with Crippen LogP contribution < -0.4 is 5.73 Å². The van der Waals surface area contributed by atoms with E-state index in [1.165, 1.54) is 12.1 Å². The molecular weight excluding hydrogens is 252 g/mol. The van der Waals surface area contributed by atoms with Crippen molar-refractivity contribution >= 4 is 11.8 Å². The van der Waals surface area contributed by atoms with Crippen LogP contribution in [0.15, 0.2) is 53.4 Å². The van der Waals surface area contributed by atoms with Crippen LogP contribution in [0.5, 0.6) is 0 Å². The minimum atomic E-state index is -0.587. The van der Waals surface area contributed by atoms with E-state index in [2.05, 4.69) is 0 Å². The van der Waals surface area contributed by atoms with Gasteiger partial charge in [-0.1, -0.05) is 24.3 Å². The molecule has 0 amide bonds. The second kappa shape index (κ2) is 5.98. The first-order valence-corrected chi connectivity index (χ1v) is 6.54. The summed E-state index contributed by atoms with van der Waals surface area (Å²) in [5, 5.41) is 0. The Bertz CT molecular complexity index is 516. The summed E-state index contributed by atoms with van der Waals surface area (Å²) in [4.78, 5) is 1.08. The molecule has 18 heavy (non-hydrogen) atoms. The van der Waals surface area contributed by atoms with Crippen molar-refractivity contribution in [3.8, 4) is 0 Å². The average Bonchev–Trinajstić information content (AvgIpc) is 2.37. The van der Waals surface area contributed by atoms with E-state index in [0.29, 0.717) is 11.3 Å². The third-order valence-electron chi connectivity index (χ3n) is 2.53. The van der Waals surface area contributed by atoms with Gasteiger partial charge in [0.15, 0.2) is 0 Å². The molecule has 0 aliphatic rings. The monoisotopic (exact) mass is 265 g/mol. The fourth-order valence-corrected chi connectivity index (χ4v) is 2.50. The maximum Gasteiger partial charge on any atom is 0.130 e. The molecule has 2 aromatic rings. The van der Waals surface area contributed by atoms with Crippen LogP contribution in [-0.4, -0.2) is 5.75 Å². The summed E-state index contributed by atoms with van der Waals surface area (Å²) in [5.74, 6) is -0.623. The van der Waals surface area contributed by atoms with Crippen LogP contribution in [0, 0.1) is 11.6 Å². The highest BCUT2D eigenvalue weighted by molar-refractivity contribution is 7.99. The van der Waals surface area contributed by atoms with E-state index in [4.69, 9.17) is 5.73 Å². The lowest BCUT2D eigenvalue weighted by Gasteiger charge is -2.12. The number of benzene rings is 2. The Balaban J connectivity index is 2.01. The molecule has 4 heteroatoms. The molecule has 0 aliphatic heterocycles. The molecule has 0 heterocycles. The quantitative estimate of drug-likeness (QED) is 0.852. The Morgan fingerprint density at radius 3 is 2.44 bits per heavy atom. The normalized spacial score (nSPS) is 12.4. The first kappa shape index (κ1) is 13.1. The van der Waals surface area contributed by atoms with Gasteiger partial charge in [0.25, 0.3) is 0 Å². The third-order valence-corrected chi connectivity index (χ3v) is 3.67. The molecule has 0 fully saturated rings. The minimum absolute atomic E-state index is 0.347. The number of nitrogens with two attached hydrogens (primary N) is 1. The van der Waals surface area contributed by atoms with Crippen molar-refractivity contribution in [2.75, 3.05) is 5.75 Å². The van der Waals surface area contributed by atoms with Gasteiger partial charge in [0, 0.05) is 28.3 Å². The molecule has 2 aromatic carbocycles. The minimum Gasteiger partial charge on any atom is -0.323 e. The van der Waals surface area contributed by atoms with E-state index >= 15 is 0 Å². The van der Waals surface area contributed by atoms with Gasteiger partial charge in [-0.25, -0.2) is 8.78 Å². The molecular formula is C14H13F2NS. The maximum absolute atomic E-state index is 13.5. The predicted octanol–water partition coefficient (Wildman–Crippen LogP) is 3.76. The Morgan fingerprint density at radius 2 is 1.78 bits per heavy atom. The molecule has 0 radical (unpaired) electrons. The van der Waals surface area contributed by atoms with E-state index in [1.807, 2.05) is 30.3 Å². The van der Waals surface area contributed by atoms with Crippen LogP contribution in [0.2, 0.25) is 0 Å². The molecule has 0 saturated heterocycles. The summed E-state index contributed by atoms with van der Waals surface area (Å²) in [6.45, 7) is 0. The lowest BCUT2D eigenvalue weighted by molar-refractivity contribution is 0.563. The third kappa shape index (κ3) is 3.31. The van der Waals surface area contributed by atoms with Crippen LogP contribution in [-0.2, 0) is 0 Å². The highest BCUT2D eigenvalue weighted by Gasteiger charge is 2.12. The molecule has 2 N–H and O–H groups in total. The number of hydrogen-bond donors (Lipinski definition) is 1. The Labute approximate surface area is 109 Å². The first-order valence-electron chi connectivity index (χ1n) is 5.55. The number of rotatable bonds is 4. The van der Waals surface area contributed by atoms with Gasteiger partial charge in [0.1, 0.15) is 11.6 Å². The first-order chi connectivity index (χ1) is 8.66.